The molecule has 0 bridgehead atoms. The van der Waals surface area contributed by atoms with Gasteiger partial charge in [-0.25, -0.2) is 18.2 Å². The molecule has 9 nitrogen and oxygen atoms in total. The smallest absolute Gasteiger partial charge is 0.335 e. The van der Waals surface area contributed by atoms with E-state index < -0.39 is 33.4 Å². The molecule has 11 heteroatoms. The molecule has 0 amide bonds. The van der Waals surface area contributed by atoms with Crippen LogP contribution in [-0.2, 0) is 21.4 Å². The lowest BCUT2D eigenvalue weighted by atomic mass is 10.0. The zero-order chi connectivity index (χ0) is 32.5. The van der Waals surface area contributed by atoms with Gasteiger partial charge in [-0.2, -0.15) is 4.31 Å². The van der Waals surface area contributed by atoms with Crippen molar-refractivity contribution in [3.8, 4) is 11.1 Å². The third-order valence-corrected chi connectivity index (χ3v) is 10.2. The minimum absolute atomic E-state index is 0.0239. The maximum Gasteiger partial charge on any atom is 0.335 e. The van der Waals surface area contributed by atoms with Crippen LogP contribution < -0.4 is 5.32 Å². The van der Waals surface area contributed by atoms with Gasteiger partial charge in [-0.1, -0.05) is 66.2 Å². The molecule has 0 saturated heterocycles. The van der Waals surface area contributed by atoms with Crippen LogP contribution in [0.15, 0.2) is 126 Å². The first-order chi connectivity index (χ1) is 22.1. The summed E-state index contributed by atoms with van der Waals surface area (Å²) in [7, 11) is -4.42. The summed E-state index contributed by atoms with van der Waals surface area (Å²) < 4.78 is 29.9. The van der Waals surface area contributed by atoms with Crippen molar-refractivity contribution < 1.29 is 28.2 Å². The SMILES string of the molecule is O=C(O)c1cccc(CN(C2(C(=O)O)CC2c2cccc(Nc3ccccn3)c2)S(=O)(=O)c2ccc(-c3ccc(Cl)cc3)cc2)c1. The largest absolute Gasteiger partial charge is 0.480 e. The fourth-order valence-corrected chi connectivity index (χ4v) is 7.57. The van der Waals surface area contributed by atoms with E-state index in [9.17, 15) is 28.2 Å². The fourth-order valence-electron chi connectivity index (χ4n) is 5.68. The molecule has 6 rings (SSSR count). The van der Waals surface area contributed by atoms with Gasteiger partial charge in [-0.3, -0.25) is 4.79 Å². The van der Waals surface area contributed by atoms with Crippen molar-refractivity contribution in [2.24, 2.45) is 0 Å². The molecule has 2 unspecified atom stereocenters. The maximum absolute atomic E-state index is 14.4. The number of hydrogen-bond acceptors (Lipinski definition) is 6. The van der Waals surface area contributed by atoms with Gasteiger partial charge in [0.25, 0.3) is 0 Å². The average Bonchev–Trinajstić information content (AvgIpc) is 3.82. The predicted octanol–water partition coefficient (Wildman–Crippen LogP) is 7.05. The molecule has 4 aromatic carbocycles. The Morgan fingerprint density at radius 1 is 0.870 bits per heavy atom. The van der Waals surface area contributed by atoms with Crippen molar-refractivity contribution in [2.45, 2.75) is 29.3 Å². The summed E-state index contributed by atoms with van der Waals surface area (Å²) in [5.41, 5.74) is 1.39. The second kappa shape index (κ2) is 12.4. The third kappa shape index (κ3) is 6.10. The number of hydrogen-bond donors (Lipinski definition) is 3. The lowest BCUT2D eigenvalue weighted by Crippen LogP contribution is -2.48. The van der Waals surface area contributed by atoms with E-state index in [1.807, 2.05) is 24.3 Å². The van der Waals surface area contributed by atoms with Gasteiger partial charge in [0, 0.05) is 29.4 Å². The second-order valence-corrected chi connectivity index (χ2v) is 13.3. The van der Waals surface area contributed by atoms with Crippen molar-refractivity contribution in [3.63, 3.8) is 0 Å². The Labute approximate surface area is 270 Å². The number of carbonyl (C=O) groups is 2. The molecule has 1 heterocycles. The molecule has 1 aromatic heterocycles. The van der Waals surface area contributed by atoms with Crippen molar-refractivity contribution in [3.05, 3.63) is 143 Å². The van der Waals surface area contributed by atoms with Crippen LogP contribution in [-0.4, -0.2) is 45.4 Å². The Kier molecular flexibility index (Phi) is 8.35. The minimum Gasteiger partial charge on any atom is -0.480 e. The molecule has 5 aromatic rings. The Balaban J connectivity index is 1.39. The normalized spacial score (nSPS) is 17.4. The van der Waals surface area contributed by atoms with E-state index in [1.165, 1.54) is 30.3 Å². The average molecular weight is 654 g/mol. The van der Waals surface area contributed by atoms with Gasteiger partial charge in [0.1, 0.15) is 11.4 Å². The maximum atomic E-state index is 14.4. The zero-order valence-corrected chi connectivity index (χ0v) is 25.8. The molecular weight excluding hydrogens is 626 g/mol. The number of sulfonamides is 1. The lowest BCUT2D eigenvalue weighted by molar-refractivity contribution is -0.143. The number of benzene rings is 4. The van der Waals surface area contributed by atoms with Gasteiger partial charge >= 0.3 is 11.9 Å². The summed E-state index contributed by atoms with van der Waals surface area (Å²) in [6, 6.07) is 31.7. The number of aromatic carboxylic acids is 1. The molecule has 1 fully saturated rings. The van der Waals surface area contributed by atoms with Crippen LogP contribution in [0.1, 0.15) is 33.8 Å². The highest BCUT2D eigenvalue weighted by atomic mass is 35.5. The summed E-state index contributed by atoms with van der Waals surface area (Å²) >= 11 is 6.02. The number of nitrogens with zero attached hydrogens (tertiary/aromatic N) is 2. The van der Waals surface area contributed by atoms with Crippen molar-refractivity contribution in [2.75, 3.05) is 5.32 Å². The van der Waals surface area contributed by atoms with E-state index in [4.69, 9.17) is 11.6 Å². The van der Waals surface area contributed by atoms with E-state index in [-0.39, 0.29) is 23.4 Å². The second-order valence-electron chi connectivity index (χ2n) is 11.0. The van der Waals surface area contributed by atoms with Crippen LogP contribution in [0.5, 0.6) is 0 Å². The van der Waals surface area contributed by atoms with Gasteiger partial charge in [0.15, 0.2) is 0 Å². The molecule has 2 atom stereocenters. The summed E-state index contributed by atoms with van der Waals surface area (Å²) in [5.74, 6) is -2.55. The number of halogens is 1. The number of aliphatic carboxylic acids is 1. The van der Waals surface area contributed by atoms with Crippen LogP contribution in [0.4, 0.5) is 11.5 Å². The van der Waals surface area contributed by atoms with Crippen LogP contribution in [0.25, 0.3) is 11.1 Å². The summed E-state index contributed by atoms with van der Waals surface area (Å²) in [6.07, 6.45) is 1.67. The van der Waals surface area contributed by atoms with E-state index in [0.717, 1.165) is 15.4 Å². The Morgan fingerprint density at radius 3 is 2.22 bits per heavy atom. The van der Waals surface area contributed by atoms with Crippen LogP contribution >= 0.6 is 11.6 Å². The van der Waals surface area contributed by atoms with Gasteiger partial charge in [-0.15, -0.1) is 0 Å². The molecule has 3 N–H and O–H groups in total. The van der Waals surface area contributed by atoms with Gasteiger partial charge in [0.2, 0.25) is 10.0 Å². The van der Waals surface area contributed by atoms with Crippen molar-refractivity contribution in [1.29, 1.82) is 0 Å². The molecule has 232 valence electrons. The lowest BCUT2D eigenvalue weighted by Gasteiger charge is -2.30. The van der Waals surface area contributed by atoms with Crippen LogP contribution in [0.2, 0.25) is 5.02 Å². The van der Waals surface area contributed by atoms with Gasteiger partial charge in [0.05, 0.1) is 10.5 Å². The number of anilines is 2. The molecule has 0 aliphatic heterocycles. The van der Waals surface area contributed by atoms with Crippen LogP contribution in [0.3, 0.4) is 0 Å². The number of pyridine rings is 1. The Hall–Kier alpha value is -5.03. The molecular formula is C35H28ClN3O6S. The molecule has 1 aliphatic carbocycles. The van der Waals surface area contributed by atoms with Crippen molar-refractivity contribution in [1.82, 2.24) is 9.29 Å². The molecule has 0 spiro atoms. The number of aromatic nitrogens is 1. The highest BCUT2D eigenvalue weighted by molar-refractivity contribution is 7.89. The quantitative estimate of drug-likeness (QED) is 0.138. The molecule has 46 heavy (non-hydrogen) atoms. The standard InChI is InChI=1S/C35H28ClN3O6S/c36-28-14-10-24(11-15-28)25-12-16-30(17-13-25)46(44,45)39(22-23-5-3-7-27(19-23)33(40)41)35(34(42)43)21-31(35)26-6-4-8-29(20-26)38-32-9-1-2-18-37-32/h1-20,31H,21-22H2,(H,37,38)(H,40,41)(H,42,43). The number of carboxylic acids is 2. The first kappa shape index (κ1) is 31.0. The van der Waals surface area contributed by atoms with E-state index in [2.05, 4.69) is 10.3 Å². The summed E-state index contributed by atoms with van der Waals surface area (Å²) in [4.78, 5) is 29.0. The number of nitrogens with one attached hydrogen (secondary N) is 1. The number of carboxylic acid groups (broad SMARTS) is 2. The Morgan fingerprint density at radius 2 is 1.57 bits per heavy atom. The van der Waals surface area contributed by atoms with E-state index in [1.54, 1.807) is 66.9 Å². The highest BCUT2D eigenvalue weighted by Gasteiger charge is 2.68. The molecule has 1 aliphatic rings. The first-order valence-corrected chi connectivity index (χ1v) is 16.1. The summed E-state index contributed by atoms with van der Waals surface area (Å²) in [6.45, 7) is -0.350. The van der Waals surface area contributed by atoms with Gasteiger partial charge < -0.3 is 15.5 Å². The van der Waals surface area contributed by atoms with Crippen LogP contribution in [0, 0.1) is 0 Å². The molecule has 1 saturated carbocycles. The molecule has 0 radical (unpaired) electrons. The zero-order valence-electron chi connectivity index (χ0n) is 24.2. The Bertz CT molecular complexity index is 2020. The van der Waals surface area contributed by atoms with Gasteiger partial charge in [-0.05, 0) is 89.3 Å². The predicted molar refractivity (Wildman–Crippen MR) is 175 cm³/mol. The van der Waals surface area contributed by atoms with Crippen molar-refractivity contribution >= 4 is 45.1 Å². The summed E-state index contributed by atoms with van der Waals surface area (Å²) in [5, 5.41) is 24.0. The highest BCUT2D eigenvalue weighted by Crippen LogP contribution is 2.58. The fraction of sp³-hybridized carbons (Fsp3) is 0.114. The van der Waals surface area contributed by atoms with E-state index >= 15 is 0 Å². The first-order valence-electron chi connectivity index (χ1n) is 14.3. The monoisotopic (exact) mass is 653 g/mol. The minimum atomic E-state index is -4.42. The number of rotatable bonds is 11. The van der Waals surface area contributed by atoms with E-state index in [0.29, 0.717) is 27.7 Å². The topological polar surface area (TPSA) is 137 Å². The third-order valence-electron chi connectivity index (χ3n) is 8.09.